The SMILES string of the molecule is CC(C)(C)OC(=O)N1CCC[C@@H]1COc1cnc(Cl)c(-c2cccc(N)c2)c1. The van der Waals surface area contributed by atoms with Gasteiger partial charge in [-0.2, -0.15) is 0 Å². The maximum Gasteiger partial charge on any atom is 0.410 e. The number of hydrogen-bond donors (Lipinski definition) is 1. The molecule has 1 amide bonds. The second-order valence-corrected chi connectivity index (χ2v) is 8.27. The average Bonchev–Trinajstić information content (AvgIpc) is 3.08. The van der Waals surface area contributed by atoms with Gasteiger partial charge in [0.1, 0.15) is 23.1 Å². The number of ether oxygens (including phenoxy) is 2. The minimum Gasteiger partial charge on any atom is -0.490 e. The predicted octanol–water partition coefficient (Wildman–Crippen LogP) is 4.76. The van der Waals surface area contributed by atoms with Crippen LogP contribution < -0.4 is 10.5 Å². The Hall–Kier alpha value is -2.47. The first-order valence-electron chi connectivity index (χ1n) is 9.37. The first-order chi connectivity index (χ1) is 13.2. The molecule has 0 aliphatic carbocycles. The lowest BCUT2D eigenvalue weighted by molar-refractivity contribution is 0.0187. The van der Waals surface area contributed by atoms with Crippen molar-refractivity contribution in [3.05, 3.63) is 41.7 Å². The van der Waals surface area contributed by atoms with Crippen molar-refractivity contribution in [3.63, 3.8) is 0 Å². The third kappa shape index (κ3) is 5.07. The highest BCUT2D eigenvalue weighted by Crippen LogP contribution is 2.31. The second kappa shape index (κ2) is 8.27. The number of anilines is 1. The standard InChI is InChI=1S/C21H26ClN3O3/c1-21(2,3)28-20(26)25-9-5-8-16(25)13-27-17-11-18(19(22)24-12-17)14-6-4-7-15(23)10-14/h4,6-7,10-12,16H,5,8-9,13,23H2,1-3H3/t16-/m1/s1. The van der Waals surface area contributed by atoms with E-state index in [0.29, 0.717) is 29.7 Å². The minimum absolute atomic E-state index is 0.0265. The van der Waals surface area contributed by atoms with Crippen LogP contribution in [0, 0.1) is 0 Å². The molecule has 2 N–H and O–H groups in total. The van der Waals surface area contributed by atoms with E-state index in [4.69, 9.17) is 26.8 Å². The summed E-state index contributed by atoms with van der Waals surface area (Å²) in [4.78, 5) is 18.4. The van der Waals surface area contributed by atoms with E-state index < -0.39 is 5.60 Å². The molecule has 7 heteroatoms. The Morgan fingerprint density at radius 2 is 2.14 bits per heavy atom. The molecule has 0 unspecified atom stereocenters. The summed E-state index contributed by atoms with van der Waals surface area (Å²) in [6, 6.07) is 9.26. The number of amides is 1. The predicted molar refractivity (Wildman–Crippen MR) is 111 cm³/mol. The van der Waals surface area contributed by atoms with Crippen molar-refractivity contribution < 1.29 is 14.3 Å². The lowest BCUT2D eigenvalue weighted by atomic mass is 10.1. The van der Waals surface area contributed by atoms with Gasteiger partial charge in [0.25, 0.3) is 0 Å². The van der Waals surface area contributed by atoms with Crippen molar-refractivity contribution in [1.29, 1.82) is 0 Å². The van der Waals surface area contributed by atoms with E-state index in [1.54, 1.807) is 11.1 Å². The summed E-state index contributed by atoms with van der Waals surface area (Å²) in [7, 11) is 0. The Kier molecular flexibility index (Phi) is 5.98. The molecule has 2 aromatic rings. The van der Waals surface area contributed by atoms with Crippen LogP contribution in [0.2, 0.25) is 5.15 Å². The topological polar surface area (TPSA) is 77.7 Å². The van der Waals surface area contributed by atoms with Gasteiger partial charge < -0.3 is 20.1 Å². The number of carbonyl (C=O) groups is 1. The second-order valence-electron chi connectivity index (χ2n) is 7.92. The van der Waals surface area contributed by atoms with Gasteiger partial charge in [0.05, 0.1) is 12.2 Å². The van der Waals surface area contributed by atoms with E-state index in [-0.39, 0.29) is 12.1 Å². The molecule has 28 heavy (non-hydrogen) atoms. The summed E-state index contributed by atoms with van der Waals surface area (Å²) in [6.45, 7) is 6.65. The molecule has 1 atom stereocenters. The molecule has 0 saturated carbocycles. The molecular weight excluding hydrogens is 378 g/mol. The van der Waals surface area contributed by atoms with Gasteiger partial charge in [-0.05, 0) is 57.4 Å². The Labute approximate surface area is 170 Å². The molecule has 1 fully saturated rings. The Morgan fingerprint density at radius 3 is 2.86 bits per heavy atom. The summed E-state index contributed by atoms with van der Waals surface area (Å²) in [5, 5.41) is 0.384. The number of halogens is 1. The van der Waals surface area contributed by atoms with Gasteiger partial charge in [-0.15, -0.1) is 0 Å². The van der Waals surface area contributed by atoms with Gasteiger partial charge in [-0.25, -0.2) is 9.78 Å². The van der Waals surface area contributed by atoms with Crippen LogP contribution in [0.1, 0.15) is 33.6 Å². The quantitative estimate of drug-likeness (QED) is 0.588. The van der Waals surface area contributed by atoms with Gasteiger partial charge in [0.2, 0.25) is 0 Å². The molecular formula is C21H26ClN3O3. The highest BCUT2D eigenvalue weighted by atomic mass is 35.5. The number of likely N-dealkylation sites (tertiary alicyclic amines) is 1. The van der Waals surface area contributed by atoms with E-state index in [1.165, 1.54) is 0 Å². The zero-order chi connectivity index (χ0) is 20.3. The van der Waals surface area contributed by atoms with E-state index in [1.807, 2.05) is 51.1 Å². The van der Waals surface area contributed by atoms with Crippen molar-refractivity contribution in [3.8, 4) is 16.9 Å². The van der Waals surface area contributed by atoms with Crippen LogP contribution >= 0.6 is 11.6 Å². The molecule has 0 spiro atoms. The highest BCUT2D eigenvalue weighted by molar-refractivity contribution is 6.32. The Bertz CT molecular complexity index is 851. The molecule has 0 radical (unpaired) electrons. The highest BCUT2D eigenvalue weighted by Gasteiger charge is 2.32. The number of pyridine rings is 1. The first kappa shape index (κ1) is 20.3. The Morgan fingerprint density at radius 1 is 1.36 bits per heavy atom. The van der Waals surface area contributed by atoms with Crippen molar-refractivity contribution in [2.24, 2.45) is 0 Å². The maximum absolute atomic E-state index is 12.4. The van der Waals surface area contributed by atoms with E-state index >= 15 is 0 Å². The maximum atomic E-state index is 12.4. The minimum atomic E-state index is -0.516. The number of rotatable bonds is 4. The first-order valence-corrected chi connectivity index (χ1v) is 9.74. The molecule has 1 saturated heterocycles. The third-order valence-corrected chi connectivity index (χ3v) is 4.76. The molecule has 1 aromatic carbocycles. The van der Waals surface area contributed by atoms with Crippen LogP contribution in [-0.2, 0) is 4.74 Å². The van der Waals surface area contributed by atoms with E-state index in [2.05, 4.69) is 4.98 Å². The molecule has 1 aromatic heterocycles. The number of hydrogen-bond acceptors (Lipinski definition) is 5. The van der Waals surface area contributed by atoms with E-state index in [9.17, 15) is 4.79 Å². The lowest BCUT2D eigenvalue weighted by Crippen LogP contribution is -2.42. The number of nitrogen functional groups attached to an aromatic ring is 1. The summed E-state index contributed by atoms with van der Waals surface area (Å²) in [5.41, 5.74) is 7.63. The molecule has 3 rings (SSSR count). The van der Waals surface area contributed by atoms with Crippen molar-refractivity contribution in [2.75, 3.05) is 18.9 Å². The van der Waals surface area contributed by atoms with Crippen molar-refractivity contribution in [1.82, 2.24) is 9.88 Å². The molecule has 0 bridgehead atoms. The largest absolute Gasteiger partial charge is 0.490 e. The summed E-state index contributed by atoms with van der Waals surface area (Å²) >= 11 is 6.26. The fourth-order valence-electron chi connectivity index (χ4n) is 3.18. The number of nitrogens with two attached hydrogens (primary N) is 1. The summed E-state index contributed by atoms with van der Waals surface area (Å²) in [5.74, 6) is 0.595. The number of carbonyl (C=O) groups excluding carboxylic acids is 1. The molecule has 6 nitrogen and oxygen atoms in total. The fraction of sp³-hybridized carbons (Fsp3) is 0.429. The molecule has 1 aliphatic rings. The lowest BCUT2D eigenvalue weighted by Gasteiger charge is -2.28. The normalized spacial score (nSPS) is 16.9. The third-order valence-electron chi connectivity index (χ3n) is 4.46. The number of nitrogens with zero attached hydrogens (tertiary/aromatic N) is 2. The van der Waals surface area contributed by atoms with Gasteiger partial charge in [0.15, 0.2) is 0 Å². The fourth-order valence-corrected chi connectivity index (χ4v) is 3.39. The summed E-state index contributed by atoms with van der Waals surface area (Å²) in [6.07, 6.45) is 3.10. The van der Waals surface area contributed by atoms with Crippen LogP contribution in [0.4, 0.5) is 10.5 Å². The Balaban J connectivity index is 1.69. The van der Waals surface area contributed by atoms with Crippen LogP contribution in [0.3, 0.4) is 0 Å². The van der Waals surface area contributed by atoms with Crippen molar-refractivity contribution >= 4 is 23.4 Å². The molecule has 150 valence electrons. The van der Waals surface area contributed by atoms with Crippen LogP contribution in [0.5, 0.6) is 5.75 Å². The smallest absolute Gasteiger partial charge is 0.410 e. The van der Waals surface area contributed by atoms with E-state index in [0.717, 1.165) is 24.0 Å². The van der Waals surface area contributed by atoms with Gasteiger partial charge in [-0.1, -0.05) is 23.7 Å². The van der Waals surface area contributed by atoms with Gasteiger partial charge in [0, 0.05) is 17.8 Å². The number of aromatic nitrogens is 1. The molecule has 1 aliphatic heterocycles. The zero-order valence-corrected chi connectivity index (χ0v) is 17.2. The average molecular weight is 404 g/mol. The number of benzene rings is 1. The van der Waals surface area contributed by atoms with Crippen LogP contribution in [-0.4, -0.2) is 40.8 Å². The van der Waals surface area contributed by atoms with Gasteiger partial charge >= 0.3 is 6.09 Å². The molecule has 2 heterocycles. The van der Waals surface area contributed by atoms with Gasteiger partial charge in [-0.3, -0.25) is 0 Å². The van der Waals surface area contributed by atoms with Crippen LogP contribution in [0.25, 0.3) is 11.1 Å². The monoisotopic (exact) mass is 403 g/mol. The zero-order valence-electron chi connectivity index (χ0n) is 16.4. The van der Waals surface area contributed by atoms with Crippen LogP contribution in [0.15, 0.2) is 36.5 Å². The van der Waals surface area contributed by atoms with Crippen molar-refractivity contribution in [2.45, 2.75) is 45.3 Å². The summed E-state index contributed by atoms with van der Waals surface area (Å²) < 4.78 is 11.4.